The number of carbonyl (C=O) groups excluding carboxylic acids is 1. The predicted molar refractivity (Wildman–Crippen MR) is 62.8 cm³/mol. The second-order valence-electron chi connectivity index (χ2n) is 3.47. The normalized spacial score (nSPS) is 15.3. The van der Waals surface area contributed by atoms with Crippen molar-refractivity contribution in [1.29, 1.82) is 0 Å². The van der Waals surface area contributed by atoms with Crippen molar-refractivity contribution in [2.45, 2.75) is 26.7 Å². The van der Waals surface area contributed by atoms with E-state index in [0.717, 1.165) is 5.56 Å². The van der Waals surface area contributed by atoms with Crippen LogP contribution in [-0.4, -0.2) is 23.9 Å². The second kappa shape index (κ2) is 5.54. The first-order valence-electron chi connectivity index (χ1n) is 5.89. The van der Waals surface area contributed by atoms with Crippen LogP contribution >= 0.6 is 0 Å². The summed E-state index contributed by atoms with van der Waals surface area (Å²) in [6, 6.07) is 9.26. The molecule has 1 unspecified atom stereocenters. The van der Waals surface area contributed by atoms with Crippen LogP contribution in [0.15, 0.2) is 30.3 Å². The third-order valence-electron chi connectivity index (χ3n) is 2.58. The van der Waals surface area contributed by atoms with Gasteiger partial charge in [0.2, 0.25) is 5.91 Å². The van der Waals surface area contributed by atoms with Gasteiger partial charge >= 0.3 is 0 Å². The van der Waals surface area contributed by atoms with E-state index in [0.29, 0.717) is 13.1 Å². The van der Waals surface area contributed by atoms with Gasteiger partial charge in [0, 0.05) is 14.5 Å². The van der Waals surface area contributed by atoms with Crippen molar-refractivity contribution in [1.82, 2.24) is 4.90 Å². The lowest BCUT2D eigenvalue weighted by Crippen LogP contribution is -2.33. The van der Waals surface area contributed by atoms with E-state index in [-0.39, 0.29) is 5.91 Å². The number of carbonyl (C=O) groups is 1. The van der Waals surface area contributed by atoms with Gasteiger partial charge in [0.1, 0.15) is 0 Å². The molecule has 82 valence electrons. The first kappa shape index (κ1) is 10.2. The first-order chi connectivity index (χ1) is 7.54. The van der Waals surface area contributed by atoms with E-state index in [4.69, 9.17) is 1.37 Å². The van der Waals surface area contributed by atoms with Gasteiger partial charge in [-0.05, 0) is 26.3 Å². The molecule has 0 aromatic heterocycles. The first-order valence-corrected chi connectivity index (χ1v) is 5.39. The molecule has 2 heteroatoms. The molecule has 0 fully saturated rings. The minimum atomic E-state index is -1.19. The summed E-state index contributed by atoms with van der Waals surface area (Å²) in [7, 11) is 0. The number of rotatable bonds is 4. The predicted octanol–water partition coefficient (Wildman–Crippen LogP) is 2.66. The molecule has 0 N–H and O–H groups in total. The van der Waals surface area contributed by atoms with Crippen molar-refractivity contribution < 1.29 is 6.17 Å². The molecule has 0 saturated heterocycles. The van der Waals surface area contributed by atoms with E-state index in [1.165, 1.54) is 0 Å². The summed E-state index contributed by atoms with van der Waals surface area (Å²) in [5.74, 6) is -1.32. The number of benzene rings is 1. The second-order valence-corrected chi connectivity index (χ2v) is 3.47. The van der Waals surface area contributed by atoms with Crippen molar-refractivity contribution in [3.63, 3.8) is 0 Å². The highest BCUT2D eigenvalue weighted by Gasteiger charge is 2.18. The quantitative estimate of drug-likeness (QED) is 0.741. The Labute approximate surface area is 93.3 Å². The summed E-state index contributed by atoms with van der Waals surface area (Å²) in [5.41, 5.74) is 0.743. The molecule has 15 heavy (non-hydrogen) atoms. The smallest absolute Gasteiger partial charge is 0.229 e. The molecule has 2 nitrogen and oxygen atoms in total. The molecule has 1 aromatic carbocycles. The maximum atomic E-state index is 12.2. The van der Waals surface area contributed by atoms with Crippen LogP contribution in [0.4, 0.5) is 0 Å². The number of amides is 1. The van der Waals surface area contributed by atoms with Crippen LogP contribution in [0.1, 0.15) is 33.6 Å². The number of likely N-dealkylation sites (N-methyl/N-ethyl adjacent to an activating group) is 1. The van der Waals surface area contributed by atoms with Crippen molar-refractivity contribution >= 4 is 5.91 Å². The van der Waals surface area contributed by atoms with Crippen molar-refractivity contribution in [3.05, 3.63) is 35.9 Å². The minimum absolute atomic E-state index is 0.135. The Hall–Kier alpha value is -1.31. The highest BCUT2D eigenvalue weighted by Crippen LogP contribution is 2.17. The zero-order valence-corrected chi connectivity index (χ0v) is 9.66. The molecule has 0 bridgehead atoms. The minimum Gasteiger partial charge on any atom is -0.343 e. The van der Waals surface area contributed by atoms with Gasteiger partial charge in [-0.25, -0.2) is 0 Å². The lowest BCUT2D eigenvalue weighted by atomic mass is 10.00. The highest BCUT2D eigenvalue weighted by atomic mass is 16.2. The van der Waals surface area contributed by atoms with Gasteiger partial charge in [0.05, 0.1) is 5.89 Å². The SMILES string of the molecule is [2H]C(C)(C(=O)N(CC)CC)c1ccccc1. The molecule has 0 aliphatic heterocycles. The molecule has 0 aliphatic rings. The molecular formula is C13H19NO. The van der Waals surface area contributed by atoms with E-state index < -0.39 is 5.89 Å². The van der Waals surface area contributed by atoms with Gasteiger partial charge in [0.25, 0.3) is 0 Å². The van der Waals surface area contributed by atoms with E-state index in [1.807, 2.05) is 44.2 Å². The molecule has 1 amide bonds. The summed E-state index contributed by atoms with van der Waals surface area (Å²) in [5, 5.41) is 0. The molecule has 0 aliphatic carbocycles. The molecule has 1 aromatic rings. The Morgan fingerprint density at radius 1 is 1.33 bits per heavy atom. The molecule has 1 rings (SSSR count). The summed E-state index contributed by atoms with van der Waals surface area (Å²) in [6.45, 7) is 6.82. The number of nitrogens with zero attached hydrogens (tertiary/aromatic N) is 1. The molecule has 0 radical (unpaired) electrons. The molecule has 1 atom stereocenters. The lowest BCUT2D eigenvalue weighted by molar-refractivity contribution is -0.132. The Bertz CT molecular complexity index is 344. The molecule has 0 saturated carbocycles. The van der Waals surface area contributed by atoms with E-state index in [1.54, 1.807) is 11.8 Å². The monoisotopic (exact) mass is 206 g/mol. The third kappa shape index (κ3) is 2.82. The fraction of sp³-hybridized carbons (Fsp3) is 0.462. The van der Waals surface area contributed by atoms with Gasteiger partial charge in [-0.1, -0.05) is 30.3 Å². The fourth-order valence-electron chi connectivity index (χ4n) is 1.56. The van der Waals surface area contributed by atoms with Gasteiger partial charge in [-0.15, -0.1) is 0 Å². The standard InChI is InChI=1S/C13H19NO/c1-4-14(5-2)13(15)11(3)12-9-7-6-8-10-12/h6-11H,4-5H2,1-3H3/i11D. The zero-order valence-electron chi connectivity index (χ0n) is 10.7. The van der Waals surface area contributed by atoms with Crippen LogP contribution in [0, 0.1) is 0 Å². The van der Waals surface area contributed by atoms with Crippen molar-refractivity contribution in [3.8, 4) is 0 Å². The number of hydrogen-bond acceptors (Lipinski definition) is 1. The average molecular weight is 206 g/mol. The van der Waals surface area contributed by atoms with Crippen LogP contribution in [0.3, 0.4) is 0 Å². The Morgan fingerprint density at radius 3 is 2.33 bits per heavy atom. The molecule has 0 heterocycles. The van der Waals surface area contributed by atoms with E-state index >= 15 is 0 Å². The Balaban J connectivity index is 2.98. The van der Waals surface area contributed by atoms with Crippen LogP contribution in [-0.2, 0) is 4.79 Å². The largest absolute Gasteiger partial charge is 0.343 e. The van der Waals surface area contributed by atoms with Crippen LogP contribution in [0.5, 0.6) is 0 Å². The van der Waals surface area contributed by atoms with Gasteiger partial charge in [-0.2, -0.15) is 0 Å². The van der Waals surface area contributed by atoms with Gasteiger partial charge in [-0.3, -0.25) is 4.79 Å². The maximum Gasteiger partial charge on any atom is 0.229 e. The fourth-order valence-corrected chi connectivity index (χ4v) is 1.56. The van der Waals surface area contributed by atoms with Crippen LogP contribution in [0.2, 0.25) is 0 Å². The number of hydrogen-bond donors (Lipinski definition) is 0. The van der Waals surface area contributed by atoms with Gasteiger partial charge in [0.15, 0.2) is 0 Å². The van der Waals surface area contributed by atoms with E-state index in [2.05, 4.69) is 0 Å². The van der Waals surface area contributed by atoms with E-state index in [9.17, 15) is 4.79 Å². The highest BCUT2D eigenvalue weighted by molar-refractivity contribution is 5.83. The summed E-state index contributed by atoms with van der Waals surface area (Å²) < 4.78 is 8.22. The average Bonchev–Trinajstić information content (AvgIpc) is 2.31. The molecule has 0 spiro atoms. The third-order valence-corrected chi connectivity index (χ3v) is 2.58. The van der Waals surface area contributed by atoms with Crippen molar-refractivity contribution in [2.24, 2.45) is 0 Å². The maximum absolute atomic E-state index is 12.2. The lowest BCUT2D eigenvalue weighted by Gasteiger charge is -2.23. The topological polar surface area (TPSA) is 20.3 Å². The molecular weight excluding hydrogens is 186 g/mol. The Morgan fingerprint density at radius 2 is 1.87 bits per heavy atom. The summed E-state index contributed by atoms with van der Waals surface area (Å²) in [4.78, 5) is 13.9. The van der Waals surface area contributed by atoms with Crippen LogP contribution in [0.25, 0.3) is 0 Å². The van der Waals surface area contributed by atoms with Crippen LogP contribution < -0.4 is 0 Å². The Kier molecular flexibility index (Phi) is 3.77. The van der Waals surface area contributed by atoms with Crippen molar-refractivity contribution in [2.75, 3.05) is 13.1 Å². The van der Waals surface area contributed by atoms with Gasteiger partial charge < -0.3 is 4.90 Å². The summed E-state index contributed by atoms with van der Waals surface area (Å²) >= 11 is 0. The summed E-state index contributed by atoms with van der Waals surface area (Å²) in [6.07, 6.45) is 0. The zero-order chi connectivity index (χ0) is 12.2.